The molecule has 166 valence electrons. The maximum atomic E-state index is 14.2. The number of amides is 2. The van der Waals surface area contributed by atoms with E-state index in [4.69, 9.17) is 10.5 Å². The van der Waals surface area contributed by atoms with Crippen LogP contribution in [0.15, 0.2) is 0 Å². The fourth-order valence-corrected chi connectivity index (χ4v) is 6.90. The van der Waals surface area contributed by atoms with Gasteiger partial charge in [0.15, 0.2) is 5.60 Å². The van der Waals surface area contributed by atoms with Crippen LogP contribution in [0.1, 0.15) is 93.4 Å². The van der Waals surface area contributed by atoms with Crippen LogP contribution in [-0.2, 0) is 14.3 Å². The van der Waals surface area contributed by atoms with Crippen molar-refractivity contribution in [2.75, 3.05) is 0 Å². The van der Waals surface area contributed by atoms with Crippen molar-refractivity contribution >= 4 is 11.8 Å². The number of nitrogens with one attached hydrogen (secondary N) is 1. The molecule has 0 aromatic rings. The molecule has 3 atom stereocenters. The van der Waals surface area contributed by atoms with Crippen LogP contribution >= 0.6 is 0 Å². The van der Waals surface area contributed by atoms with Crippen molar-refractivity contribution in [3.8, 4) is 0 Å². The van der Waals surface area contributed by atoms with E-state index in [0.717, 1.165) is 32.1 Å². The van der Waals surface area contributed by atoms with E-state index >= 15 is 0 Å². The Labute approximate surface area is 176 Å². The molecule has 2 aliphatic heterocycles. The summed E-state index contributed by atoms with van der Waals surface area (Å²) in [6, 6.07) is 0.175. The van der Waals surface area contributed by atoms with E-state index in [9.17, 15) is 9.59 Å². The van der Waals surface area contributed by atoms with E-state index in [0.29, 0.717) is 12.3 Å². The van der Waals surface area contributed by atoms with Crippen molar-refractivity contribution in [2.24, 2.45) is 17.6 Å². The SMILES string of the molecule is CC(C)CC1(C)OC2(CC(C)(C)NC(C)(C)C2C(N)=O)C(=O)N1C1CCCCC1. The molecule has 1 spiro atoms. The minimum Gasteiger partial charge on any atom is -0.369 e. The topological polar surface area (TPSA) is 84.7 Å². The van der Waals surface area contributed by atoms with Gasteiger partial charge in [-0.1, -0.05) is 33.1 Å². The lowest BCUT2D eigenvalue weighted by molar-refractivity contribution is -0.196. The van der Waals surface area contributed by atoms with Gasteiger partial charge in [0.1, 0.15) is 5.72 Å². The minimum atomic E-state index is -1.22. The second kappa shape index (κ2) is 7.23. The van der Waals surface area contributed by atoms with Crippen LogP contribution < -0.4 is 11.1 Å². The van der Waals surface area contributed by atoms with Gasteiger partial charge in [0.05, 0.1) is 5.92 Å². The third-order valence-electron chi connectivity index (χ3n) is 7.06. The summed E-state index contributed by atoms with van der Waals surface area (Å²) in [6.45, 7) is 14.4. The van der Waals surface area contributed by atoms with Crippen LogP contribution in [0.2, 0.25) is 0 Å². The van der Waals surface area contributed by atoms with Crippen molar-refractivity contribution in [1.82, 2.24) is 10.2 Å². The van der Waals surface area contributed by atoms with Crippen molar-refractivity contribution in [3.63, 3.8) is 0 Å². The van der Waals surface area contributed by atoms with E-state index in [1.165, 1.54) is 6.42 Å². The maximum absolute atomic E-state index is 14.2. The first-order chi connectivity index (χ1) is 13.2. The standard InChI is InChI=1S/C23H41N3O3/c1-15(2)13-22(7)26(16-11-9-8-10-12-16)19(28)23(29-22)14-20(3,4)25-21(5,6)17(23)18(24)27/h15-17,25H,8-14H2,1-7H3,(H2,24,27). The highest BCUT2D eigenvalue weighted by atomic mass is 16.6. The Hall–Kier alpha value is -1.14. The van der Waals surface area contributed by atoms with Crippen molar-refractivity contribution in [2.45, 2.75) is 122 Å². The van der Waals surface area contributed by atoms with Gasteiger partial charge < -0.3 is 20.7 Å². The predicted octanol–water partition coefficient (Wildman–Crippen LogP) is 3.33. The molecule has 0 aromatic heterocycles. The van der Waals surface area contributed by atoms with Crippen molar-refractivity contribution in [3.05, 3.63) is 0 Å². The number of carbonyl (C=O) groups is 2. The van der Waals surface area contributed by atoms with Crippen LogP contribution in [0.3, 0.4) is 0 Å². The summed E-state index contributed by atoms with van der Waals surface area (Å²) in [7, 11) is 0. The lowest BCUT2D eigenvalue weighted by Gasteiger charge is -2.54. The van der Waals surface area contributed by atoms with Gasteiger partial charge in [-0.2, -0.15) is 0 Å². The second-order valence-corrected chi connectivity index (χ2v) is 11.5. The molecule has 1 saturated carbocycles. The Bertz CT molecular complexity index is 668. The quantitative estimate of drug-likeness (QED) is 0.749. The molecule has 0 bridgehead atoms. The average molecular weight is 408 g/mol. The summed E-state index contributed by atoms with van der Waals surface area (Å²) in [5, 5.41) is 3.55. The molecule has 3 N–H and O–H groups in total. The van der Waals surface area contributed by atoms with E-state index in [1.54, 1.807) is 0 Å². The highest BCUT2D eigenvalue weighted by Gasteiger charge is 2.70. The Kier molecular flexibility index (Phi) is 5.62. The molecular weight excluding hydrogens is 366 g/mol. The van der Waals surface area contributed by atoms with Gasteiger partial charge in [0, 0.05) is 23.5 Å². The molecule has 3 rings (SSSR count). The van der Waals surface area contributed by atoms with Gasteiger partial charge in [-0.05, 0) is 59.8 Å². The van der Waals surface area contributed by atoms with Crippen LogP contribution in [0.5, 0.6) is 0 Å². The van der Waals surface area contributed by atoms with Crippen LogP contribution in [0.25, 0.3) is 0 Å². The molecule has 2 saturated heterocycles. The Morgan fingerprint density at radius 3 is 2.28 bits per heavy atom. The number of ether oxygens (including phenoxy) is 1. The minimum absolute atomic E-state index is 0.0287. The molecular formula is C23H41N3O3. The van der Waals surface area contributed by atoms with E-state index in [-0.39, 0.29) is 17.5 Å². The highest BCUT2D eigenvalue weighted by Crippen LogP contribution is 2.53. The zero-order valence-corrected chi connectivity index (χ0v) is 19.4. The number of rotatable bonds is 4. The maximum Gasteiger partial charge on any atom is 0.258 e. The van der Waals surface area contributed by atoms with E-state index in [1.807, 2.05) is 25.7 Å². The highest BCUT2D eigenvalue weighted by molar-refractivity contribution is 5.95. The summed E-state index contributed by atoms with van der Waals surface area (Å²) < 4.78 is 6.85. The molecule has 3 fully saturated rings. The smallest absolute Gasteiger partial charge is 0.258 e. The van der Waals surface area contributed by atoms with Crippen molar-refractivity contribution in [1.29, 1.82) is 0 Å². The van der Waals surface area contributed by atoms with Crippen LogP contribution in [0, 0.1) is 11.8 Å². The van der Waals surface area contributed by atoms with E-state index in [2.05, 4.69) is 33.0 Å². The molecule has 2 amide bonds. The largest absolute Gasteiger partial charge is 0.369 e. The van der Waals surface area contributed by atoms with Crippen molar-refractivity contribution < 1.29 is 14.3 Å². The fraction of sp³-hybridized carbons (Fsp3) is 0.913. The average Bonchev–Trinajstić information content (AvgIpc) is 2.70. The number of hydrogen-bond donors (Lipinski definition) is 2. The summed E-state index contributed by atoms with van der Waals surface area (Å²) in [6.07, 6.45) is 6.69. The summed E-state index contributed by atoms with van der Waals surface area (Å²) in [5.41, 5.74) is 2.99. The van der Waals surface area contributed by atoms with E-state index < -0.39 is 28.7 Å². The molecule has 3 unspecified atom stereocenters. The van der Waals surface area contributed by atoms with Gasteiger partial charge >= 0.3 is 0 Å². The molecule has 0 radical (unpaired) electrons. The van der Waals surface area contributed by atoms with Gasteiger partial charge in [0.2, 0.25) is 5.91 Å². The number of carbonyl (C=O) groups excluding carboxylic acids is 2. The van der Waals surface area contributed by atoms with Gasteiger partial charge in [-0.3, -0.25) is 9.59 Å². The first-order valence-electron chi connectivity index (χ1n) is 11.4. The number of nitrogens with zero attached hydrogens (tertiary/aromatic N) is 1. The molecule has 0 aromatic carbocycles. The molecule has 6 nitrogen and oxygen atoms in total. The zero-order valence-electron chi connectivity index (χ0n) is 19.4. The number of hydrogen-bond acceptors (Lipinski definition) is 4. The lowest BCUT2D eigenvalue weighted by Crippen LogP contribution is -2.74. The number of primary amides is 1. The Balaban J connectivity index is 2.13. The normalized spacial score (nSPS) is 37.4. The zero-order chi connectivity index (χ0) is 21.8. The van der Waals surface area contributed by atoms with Crippen LogP contribution in [0.4, 0.5) is 0 Å². The van der Waals surface area contributed by atoms with Gasteiger partial charge in [-0.25, -0.2) is 0 Å². The first-order valence-corrected chi connectivity index (χ1v) is 11.4. The number of nitrogens with two attached hydrogens (primary N) is 1. The molecule has 1 aliphatic carbocycles. The lowest BCUT2D eigenvalue weighted by atomic mass is 9.64. The molecule has 29 heavy (non-hydrogen) atoms. The summed E-state index contributed by atoms with van der Waals surface area (Å²) >= 11 is 0. The van der Waals surface area contributed by atoms with Crippen LogP contribution in [-0.4, -0.2) is 45.2 Å². The number of piperidine rings is 1. The monoisotopic (exact) mass is 407 g/mol. The predicted molar refractivity (Wildman–Crippen MR) is 114 cm³/mol. The van der Waals surface area contributed by atoms with Gasteiger partial charge in [0.25, 0.3) is 5.91 Å². The summed E-state index contributed by atoms with van der Waals surface area (Å²) in [5.74, 6) is -0.859. The molecule has 6 heteroatoms. The third kappa shape index (κ3) is 3.83. The molecule has 2 heterocycles. The Morgan fingerprint density at radius 2 is 1.76 bits per heavy atom. The first kappa shape index (κ1) is 22.5. The van der Waals surface area contributed by atoms with Gasteiger partial charge in [-0.15, -0.1) is 0 Å². The second-order valence-electron chi connectivity index (χ2n) is 11.5. The third-order valence-corrected chi connectivity index (χ3v) is 7.06. The molecule has 3 aliphatic rings. The fourth-order valence-electron chi connectivity index (χ4n) is 6.90. The Morgan fingerprint density at radius 1 is 1.17 bits per heavy atom. The summed E-state index contributed by atoms with van der Waals surface area (Å²) in [4.78, 5) is 29.0.